The highest BCUT2D eigenvalue weighted by Crippen LogP contribution is 2.28. The summed E-state index contributed by atoms with van der Waals surface area (Å²) in [6, 6.07) is 8.25. The highest BCUT2D eigenvalue weighted by atomic mass is 35.5. The first kappa shape index (κ1) is 13.5. The molecule has 1 N–H and O–H groups in total. The Morgan fingerprint density at radius 2 is 2.06 bits per heavy atom. The van der Waals surface area contributed by atoms with Crippen LogP contribution in [-0.2, 0) is 0 Å². The molecule has 0 spiro atoms. The van der Waals surface area contributed by atoms with E-state index in [0.717, 1.165) is 23.7 Å². The second-order valence-electron chi connectivity index (χ2n) is 4.24. The maximum absolute atomic E-state index is 5.95. The molecule has 0 aliphatic carbocycles. The van der Waals surface area contributed by atoms with Gasteiger partial charge < -0.3 is 5.32 Å². The Morgan fingerprint density at radius 3 is 2.61 bits per heavy atom. The molecule has 0 aliphatic rings. The minimum absolute atomic E-state index is 0.217. The fraction of sp³-hybridized carbons (Fsp3) is 0.357. The zero-order valence-corrected chi connectivity index (χ0v) is 12.2. The Bertz CT molecular complexity index is 493. The van der Waals surface area contributed by atoms with Crippen LogP contribution in [0.1, 0.15) is 35.5 Å². The van der Waals surface area contributed by atoms with Crippen LogP contribution < -0.4 is 5.32 Å². The van der Waals surface area contributed by atoms with E-state index in [-0.39, 0.29) is 6.04 Å². The van der Waals surface area contributed by atoms with Crippen molar-refractivity contribution in [3.8, 4) is 0 Å². The van der Waals surface area contributed by atoms with Crippen LogP contribution >= 0.6 is 22.9 Å². The van der Waals surface area contributed by atoms with Gasteiger partial charge in [0, 0.05) is 9.90 Å². The number of nitrogens with zero attached hydrogens (tertiary/aromatic N) is 1. The minimum atomic E-state index is 0.217. The van der Waals surface area contributed by atoms with E-state index < -0.39 is 0 Å². The van der Waals surface area contributed by atoms with Crippen LogP contribution in [0.4, 0.5) is 0 Å². The molecule has 0 aliphatic heterocycles. The van der Waals surface area contributed by atoms with E-state index in [9.17, 15) is 0 Å². The molecular formula is C14H17ClN2S. The van der Waals surface area contributed by atoms with E-state index in [1.165, 1.54) is 10.4 Å². The summed E-state index contributed by atoms with van der Waals surface area (Å²) in [5.74, 6) is 0. The molecule has 2 rings (SSSR count). The summed E-state index contributed by atoms with van der Waals surface area (Å²) in [6.45, 7) is 5.22. The molecule has 2 aromatic rings. The molecule has 1 unspecified atom stereocenters. The average Bonchev–Trinajstić information content (AvgIpc) is 2.78. The van der Waals surface area contributed by atoms with Crippen molar-refractivity contribution >= 4 is 22.9 Å². The van der Waals surface area contributed by atoms with Gasteiger partial charge in [-0.1, -0.05) is 30.7 Å². The smallest absolute Gasteiger partial charge is 0.0798 e. The number of aromatic nitrogens is 1. The normalized spacial score (nSPS) is 12.6. The maximum atomic E-state index is 5.95. The lowest BCUT2D eigenvalue weighted by molar-refractivity contribution is 0.603. The van der Waals surface area contributed by atoms with E-state index >= 15 is 0 Å². The minimum Gasteiger partial charge on any atom is -0.306 e. The van der Waals surface area contributed by atoms with Crippen molar-refractivity contribution in [2.75, 3.05) is 6.54 Å². The van der Waals surface area contributed by atoms with Gasteiger partial charge in [0.05, 0.1) is 17.2 Å². The quantitative estimate of drug-likeness (QED) is 0.888. The van der Waals surface area contributed by atoms with Crippen LogP contribution in [0.5, 0.6) is 0 Å². The maximum Gasteiger partial charge on any atom is 0.0798 e. The lowest BCUT2D eigenvalue weighted by atomic mass is 10.0. The van der Waals surface area contributed by atoms with E-state index in [1.807, 2.05) is 17.6 Å². The summed E-state index contributed by atoms with van der Waals surface area (Å²) >= 11 is 7.65. The first-order valence-electron chi connectivity index (χ1n) is 6.11. The number of benzene rings is 1. The molecule has 96 valence electrons. The number of halogens is 1. The summed E-state index contributed by atoms with van der Waals surface area (Å²) in [6.07, 6.45) is 1.11. The number of thiazole rings is 1. The molecule has 4 heteroatoms. The fourth-order valence-electron chi connectivity index (χ4n) is 1.89. The predicted molar refractivity (Wildman–Crippen MR) is 78.4 cm³/mol. The third kappa shape index (κ3) is 3.10. The van der Waals surface area contributed by atoms with Gasteiger partial charge in [-0.25, -0.2) is 4.98 Å². The van der Waals surface area contributed by atoms with Crippen LogP contribution in [0, 0.1) is 6.92 Å². The van der Waals surface area contributed by atoms with E-state index in [2.05, 4.69) is 36.3 Å². The van der Waals surface area contributed by atoms with Crippen molar-refractivity contribution < 1.29 is 0 Å². The second-order valence-corrected chi connectivity index (χ2v) is 5.56. The first-order chi connectivity index (χ1) is 8.72. The number of hydrogen-bond donors (Lipinski definition) is 1. The highest BCUT2D eigenvalue weighted by Gasteiger charge is 2.17. The Labute approximate surface area is 117 Å². The largest absolute Gasteiger partial charge is 0.306 e. The van der Waals surface area contributed by atoms with Crippen molar-refractivity contribution in [1.29, 1.82) is 0 Å². The zero-order valence-electron chi connectivity index (χ0n) is 10.6. The van der Waals surface area contributed by atoms with Crippen LogP contribution in [0.3, 0.4) is 0 Å². The van der Waals surface area contributed by atoms with Crippen molar-refractivity contribution in [1.82, 2.24) is 10.3 Å². The van der Waals surface area contributed by atoms with E-state index in [0.29, 0.717) is 0 Å². The molecule has 2 nitrogen and oxygen atoms in total. The monoisotopic (exact) mass is 280 g/mol. The number of aryl methyl sites for hydroxylation is 1. The Hall–Kier alpha value is -0.900. The Kier molecular flexibility index (Phi) is 4.75. The second kappa shape index (κ2) is 6.32. The topological polar surface area (TPSA) is 24.9 Å². The van der Waals surface area contributed by atoms with Gasteiger partial charge >= 0.3 is 0 Å². The molecular weight excluding hydrogens is 264 g/mol. The Balaban J connectivity index is 2.30. The lowest BCUT2D eigenvalue weighted by Crippen LogP contribution is -2.23. The first-order valence-corrected chi connectivity index (χ1v) is 7.37. The van der Waals surface area contributed by atoms with Crippen molar-refractivity contribution in [3.05, 3.63) is 50.9 Å². The predicted octanol–water partition coefficient (Wildman–Crippen LogP) is 4.19. The highest BCUT2D eigenvalue weighted by molar-refractivity contribution is 7.09. The van der Waals surface area contributed by atoms with Gasteiger partial charge in [-0.2, -0.15) is 0 Å². The van der Waals surface area contributed by atoms with Gasteiger partial charge in [-0.05, 0) is 37.6 Å². The summed E-state index contributed by atoms with van der Waals surface area (Å²) in [4.78, 5) is 5.62. The molecule has 0 bridgehead atoms. The molecule has 18 heavy (non-hydrogen) atoms. The van der Waals surface area contributed by atoms with E-state index in [1.54, 1.807) is 11.3 Å². The third-order valence-corrected chi connectivity index (χ3v) is 4.09. The molecule has 0 saturated heterocycles. The van der Waals surface area contributed by atoms with Crippen molar-refractivity contribution in [2.24, 2.45) is 0 Å². The van der Waals surface area contributed by atoms with Crippen LogP contribution in [0.25, 0.3) is 0 Å². The van der Waals surface area contributed by atoms with Crippen molar-refractivity contribution in [3.63, 3.8) is 0 Å². The van der Waals surface area contributed by atoms with Gasteiger partial charge in [-0.15, -0.1) is 11.3 Å². The third-order valence-electron chi connectivity index (χ3n) is 2.85. The number of rotatable bonds is 5. The van der Waals surface area contributed by atoms with Gasteiger partial charge in [0.1, 0.15) is 0 Å². The molecule has 1 heterocycles. The van der Waals surface area contributed by atoms with Gasteiger partial charge in [0.15, 0.2) is 0 Å². The fourth-order valence-corrected chi connectivity index (χ4v) is 2.92. The Morgan fingerprint density at radius 1 is 1.33 bits per heavy atom. The molecule has 1 aromatic carbocycles. The molecule has 0 amide bonds. The van der Waals surface area contributed by atoms with Gasteiger partial charge in [-0.3, -0.25) is 0 Å². The molecule has 0 radical (unpaired) electrons. The van der Waals surface area contributed by atoms with Crippen LogP contribution in [0.15, 0.2) is 29.8 Å². The van der Waals surface area contributed by atoms with Gasteiger partial charge in [0.25, 0.3) is 0 Å². The molecule has 1 atom stereocenters. The summed E-state index contributed by atoms with van der Waals surface area (Å²) < 4.78 is 0. The number of nitrogens with one attached hydrogen (secondary N) is 1. The summed E-state index contributed by atoms with van der Waals surface area (Å²) in [7, 11) is 0. The SMILES string of the molecule is CCCNC(c1ccc(Cl)cc1)c1scnc1C. The molecule has 1 aromatic heterocycles. The lowest BCUT2D eigenvalue weighted by Gasteiger charge is -2.18. The van der Waals surface area contributed by atoms with Crippen LogP contribution in [-0.4, -0.2) is 11.5 Å². The number of hydrogen-bond acceptors (Lipinski definition) is 3. The van der Waals surface area contributed by atoms with E-state index in [4.69, 9.17) is 11.6 Å². The molecule has 0 saturated carbocycles. The molecule has 0 fully saturated rings. The summed E-state index contributed by atoms with van der Waals surface area (Å²) in [5, 5.41) is 4.35. The van der Waals surface area contributed by atoms with Gasteiger partial charge in [0.2, 0.25) is 0 Å². The zero-order chi connectivity index (χ0) is 13.0. The standard InChI is InChI=1S/C14H17ClN2S/c1-3-8-16-13(14-10(2)17-9-18-14)11-4-6-12(15)7-5-11/h4-7,9,13,16H,3,8H2,1-2H3. The summed E-state index contributed by atoms with van der Waals surface area (Å²) in [5.41, 5.74) is 4.24. The van der Waals surface area contributed by atoms with Crippen molar-refractivity contribution in [2.45, 2.75) is 26.3 Å². The average molecular weight is 281 g/mol. The van der Waals surface area contributed by atoms with Crippen LogP contribution in [0.2, 0.25) is 5.02 Å².